The van der Waals surface area contributed by atoms with Gasteiger partial charge in [0.25, 0.3) is 0 Å². The van der Waals surface area contributed by atoms with Gasteiger partial charge in [-0.05, 0) is 45.4 Å². The number of ether oxygens (including phenoxy) is 1. The van der Waals surface area contributed by atoms with Crippen molar-refractivity contribution in [3.8, 4) is 0 Å². The Morgan fingerprint density at radius 2 is 2.11 bits per heavy atom. The van der Waals surface area contributed by atoms with Crippen molar-refractivity contribution in [2.45, 2.75) is 70.6 Å². The van der Waals surface area contributed by atoms with E-state index in [0.717, 1.165) is 38.5 Å². The van der Waals surface area contributed by atoms with Crippen LogP contribution in [0.5, 0.6) is 0 Å². The first-order valence-corrected chi connectivity index (χ1v) is 7.58. The van der Waals surface area contributed by atoms with Gasteiger partial charge < -0.3 is 9.84 Å². The van der Waals surface area contributed by atoms with Crippen LogP contribution in [0, 0.1) is 5.92 Å². The lowest BCUT2D eigenvalue weighted by Gasteiger charge is -2.47. The molecule has 2 rings (SSSR count). The third-order valence-electron chi connectivity index (χ3n) is 4.51. The van der Waals surface area contributed by atoms with Gasteiger partial charge in [-0.2, -0.15) is 0 Å². The zero-order chi connectivity index (χ0) is 13.2. The second-order valence-electron chi connectivity index (χ2n) is 6.66. The van der Waals surface area contributed by atoms with Crippen LogP contribution in [0.15, 0.2) is 0 Å². The fourth-order valence-electron chi connectivity index (χ4n) is 3.68. The Morgan fingerprint density at radius 3 is 2.78 bits per heavy atom. The molecule has 3 unspecified atom stereocenters. The highest BCUT2D eigenvalue weighted by Gasteiger charge is 2.37. The highest BCUT2D eigenvalue weighted by atomic mass is 16.5. The van der Waals surface area contributed by atoms with Crippen LogP contribution < -0.4 is 0 Å². The molecule has 18 heavy (non-hydrogen) atoms. The molecule has 0 spiro atoms. The van der Waals surface area contributed by atoms with Crippen LogP contribution >= 0.6 is 0 Å². The molecule has 1 saturated heterocycles. The maximum atomic E-state index is 9.97. The molecule has 0 radical (unpaired) electrons. The number of nitrogens with zero attached hydrogens (tertiary/aromatic N) is 1. The van der Waals surface area contributed by atoms with Gasteiger partial charge in [-0.3, -0.25) is 4.90 Å². The molecular formula is C15H29NO2. The van der Waals surface area contributed by atoms with Gasteiger partial charge in [-0.25, -0.2) is 0 Å². The zero-order valence-corrected chi connectivity index (χ0v) is 12.2. The number of aliphatic hydroxyl groups excluding tert-OH is 1. The maximum absolute atomic E-state index is 9.97. The summed E-state index contributed by atoms with van der Waals surface area (Å²) in [5, 5.41) is 9.97. The first-order chi connectivity index (χ1) is 8.52. The molecular weight excluding hydrogens is 226 g/mol. The van der Waals surface area contributed by atoms with Crippen LogP contribution in [0.1, 0.15) is 52.9 Å². The molecule has 1 heterocycles. The molecule has 2 aliphatic rings. The monoisotopic (exact) mass is 255 g/mol. The average Bonchev–Trinajstić information content (AvgIpc) is 2.30. The van der Waals surface area contributed by atoms with E-state index in [-0.39, 0.29) is 11.7 Å². The van der Waals surface area contributed by atoms with Crippen molar-refractivity contribution in [3.05, 3.63) is 0 Å². The van der Waals surface area contributed by atoms with Crippen LogP contribution in [0.3, 0.4) is 0 Å². The first kappa shape index (κ1) is 14.3. The Bertz CT molecular complexity index is 267. The Kier molecular flexibility index (Phi) is 4.68. The molecule has 3 heteroatoms. The quantitative estimate of drug-likeness (QED) is 0.840. The molecule has 2 fully saturated rings. The second-order valence-corrected chi connectivity index (χ2v) is 6.66. The lowest BCUT2D eigenvalue weighted by Crippen LogP contribution is -2.55. The van der Waals surface area contributed by atoms with Crippen molar-refractivity contribution in [2.75, 3.05) is 19.7 Å². The molecule has 0 bridgehead atoms. The predicted molar refractivity (Wildman–Crippen MR) is 73.6 cm³/mol. The highest BCUT2D eigenvalue weighted by molar-refractivity contribution is 4.91. The van der Waals surface area contributed by atoms with Gasteiger partial charge >= 0.3 is 0 Å². The molecule has 3 atom stereocenters. The summed E-state index contributed by atoms with van der Waals surface area (Å²) in [6.45, 7) is 9.48. The Labute approximate surface area is 112 Å². The molecule has 0 aromatic rings. The van der Waals surface area contributed by atoms with Crippen molar-refractivity contribution in [1.29, 1.82) is 0 Å². The summed E-state index contributed by atoms with van der Waals surface area (Å²) in [5.41, 5.74) is -0.0303. The van der Waals surface area contributed by atoms with Crippen molar-refractivity contribution < 1.29 is 9.84 Å². The predicted octanol–water partition coefficient (Wildman–Crippen LogP) is 2.43. The van der Waals surface area contributed by atoms with Gasteiger partial charge in [-0.15, -0.1) is 0 Å². The van der Waals surface area contributed by atoms with E-state index in [0.29, 0.717) is 6.04 Å². The van der Waals surface area contributed by atoms with E-state index in [4.69, 9.17) is 4.74 Å². The van der Waals surface area contributed by atoms with E-state index in [9.17, 15) is 5.11 Å². The minimum atomic E-state index is -0.0888. The van der Waals surface area contributed by atoms with Crippen LogP contribution in [0.25, 0.3) is 0 Å². The zero-order valence-electron chi connectivity index (χ0n) is 12.2. The van der Waals surface area contributed by atoms with Crippen LogP contribution in [0.4, 0.5) is 0 Å². The van der Waals surface area contributed by atoms with E-state index >= 15 is 0 Å². The molecule has 1 aliphatic carbocycles. The number of hydrogen-bond donors (Lipinski definition) is 1. The lowest BCUT2D eigenvalue weighted by atomic mass is 9.79. The summed E-state index contributed by atoms with van der Waals surface area (Å²) in [5.74, 6) is 0.771. The smallest absolute Gasteiger partial charge is 0.0753 e. The van der Waals surface area contributed by atoms with E-state index in [1.54, 1.807) is 0 Å². The molecule has 106 valence electrons. The number of hydrogen-bond acceptors (Lipinski definition) is 3. The summed E-state index contributed by atoms with van der Waals surface area (Å²) < 4.78 is 5.80. The lowest BCUT2D eigenvalue weighted by molar-refractivity contribution is -0.113. The molecule has 1 N–H and O–H groups in total. The Balaban J connectivity index is 2.02. The number of rotatable bonds is 3. The fraction of sp³-hybridized carbons (Fsp3) is 1.00. The van der Waals surface area contributed by atoms with E-state index in [2.05, 4.69) is 25.7 Å². The number of morpholine rings is 1. The normalized spacial score (nSPS) is 37.7. The molecule has 3 nitrogen and oxygen atoms in total. The Morgan fingerprint density at radius 1 is 1.33 bits per heavy atom. The van der Waals surface area contributed by atoms with Gasteiger partial charge in [0.1, 0.15) is 0 Å². The first-order valence-electron chi connectivity index (χ1n) is 7.58. The van der Waals surface area contributed by atoms with Crippen molar-refractivity contribution in [1.82, 2.24) is 4.90 Å². The Hall–Kier alpha value is -0.120. The minimum absolute atomic E-state index is 0.0303. The molecule has 0 amide bonds. The molecule has 1 saturated carbocycles. The maximum Gasteiger partial charge on any atom is 0.0753 e. The number of aliphatic hydroxyl groups is 1. The molecule has 0 aromatic heterocycles. The van der Waals surface area contributed by atoms with E-state index in [1.165, 1.54) is 19.3 Å². The standard InChI is InChI=1S/C15H29NO2/c1-4-5-12-6-7-13(17)10-14(12)16-8-9-18-15(2,3)11-16/h12-14,17H,4-11H2,1-3H3. The average molecular weight is 255 g/mol. The second kappa shape index (κ2) is 5.89. The highest BCUT2D eigenvalue weighted by Crippen LogP contribution is 2.33. The van der Waals surface area contributed by atoms with Crippen LogP contribution in [-0.2, 0) is 4.74 Å². The summed E-state index contributed by atoms with van der Waals surface area (Å²) in [4.78, 5) is 2.58. The van der Waals surface area contributed by atoms with Gasteiger partial charge in [0, 0.05) is 19.1 Å². The minimum Gasteiger partial charge on any atom is -0.393 e. The van der Waals surface area contributed by atoms with Crippen LogP contribution in [0.2, 0.25) is 0 Å². The third kappa shape index (κ3) is 3.46. The summed E-state index contributed by atoms with van der Waals surface area (Å²) in [6.07, 6.45) is 5.61. The molecule has 1 aliphatic heterocycles. The summed E-state index contributed by atoms with van der Waals surface area (Å²) in [6, 6.07) is 0.567. The van der Waals surface area contributed by atoms with Crippen molar-refractivity contribution in [2.24, 2.45) is 5.92 Å². The largest absolute Gasteiger partial charge is 0.393 e. The van der Waals surface area contributed by atoms with Crippen molar-refractivity contribution in [3.63, 3.8) is 0 Å². The van der Waals surface area contributed by atoms with Gasteiger partial charge in [0.15, 0.2) is 0 Å². The van der Waals surface area contributed by atoms with Gasteiger partial charge in [0.2, 0.25) is 0 Å². The third-order valence-corrected chi connectivity index (χ3v) is 4.51. The summed E-state index contributed by atoms with van der Waals surface area (Å²) >= 11 is 0. The van der Waals surface area contributed by atoms with Crippen LogP contribution in [-0.4, -0.2) is 47.4 Å². The van der Waals surface area contributed by atoms with Gasteiger partial charge in [-0.1, -0.05) is 13.3 Å². The summed E-state index contributed by atoms with van der Waals surface area (Å²) in [7, 11) is 0. The topological polar surface area (TPSA) is 32.7 Å². The fourth-order valence-corrected chi connectivity index (χ4v) is 3.68. The SMILES string of the molecule is CCCC1CCC(O)CC1N1CCOC(C)(C)C1. The van der Waals surface area contributed by atoms with Gasteiger partial charge in [0.05, 0.1) is 18.3 Å². The van der Waals surface area contributed by atoms with E-state index < -0.39 is 0 Å². The molecule has 0 aromatic carbocycles. The van der Waals surface area contributed by atoms with E-state index in [1.807, 2.05) is 0 Å². The van der Waals surface area contributed by atoms with Crippen molar-refractivity contribution >= 4 is 0 Å².